The molecular formula is C24H24IN3O. The molecule has 4 nitrogen and oxygen atoms in total. The van der Waals surface area contributed by atoms with Crippen molar-refractivity contribution in [3.63, 3.8) is 0 Å². The fourth-order valence-corrected chi connectivity index (χ4v) is 3.68. The molecule has 148 valence electrons. The molecule has 5 heteroatoms. The van der Waals surface area contributed by atoms with Crippen LogP contribution in [0, 0.1) is 13.8 Å². The van der Waals surface area contributed by atoms with Gasteiger partial charge in [-0.1, -0.05) is 48.5 Å². The molecule has 0 aliphatic carbocycles. The van der Waals surface area contributed by atoms with Crippen molar-refractivity contribution in [1.82, 2.24) is 4.57 Å². The molecule has 0 spiro atoms. The minimum Gasteiger partial charge on any atom is -1.00 e. The lowest BCUT2D eigenvalue weighted by molar-refractivity contribution is -0.663. The number of hydrogen-bond donors (Lipinski definition) is 1. The first kappa shape index (κ1) is 21.0. The van der Waals surface area contributed by atoms with Crippen molar-refractivity contribution in [2.75, 3.05) is 5.32 Å². The summed E-state index contributed by atoms with van der Waals surface area (Å²) in [7, 11) is 0. The van der Waals surface area contributed by atoms with Gasteiger partial charge in [0.1, 0.15) is 6.54 Å². The van der Waals surface area contributed by atoms with E-state index in [0.717, 1.165) is 34.4 Å². The molecule has 0 radical (unpaired) electrons. The Labute approximate surface area is 188 Å². The SMILES string of the molecule is Cc1cc(C)cc(NC(=O)Cn2c[n+](Cc3ccccc3)c3ccccc32)c1.[I-]. The van der Waals surface area contributed by atoms with Crippen LogP contribution in [0.5, 0.6) is 0 Å². The van der Waals surface area contributed by atoms with Crippen molar-refractivity contribution >= 4 is 22.6 Å². The maximum Gasteiger partial charge on any atom is 0.266 e. The molecule has 4 rings (SSSR count). The number of imidazole rings is 1. The first-order chi connectivity index (χ1) is 13.6. The zero-order valence-corrected chi connectivity index (χ0v) is 18.8. The number of nitrogens with one attached hydrogen (secondary N) is 1. The van der Waals surface area contributed by atoms with Crippen LogP contribution in [0.1, 0.15) is 16.7 Å². The Morgan fingerprint density at radius 1 is 0.931 bits per heavy atom. The Kier molecular flexibility index (Phi) is 6.69. The van der Waals surface area contributed by atoms with E-state index in [1.807, 2.05) is 67.2 Å². The number of fused-ring (bicyclic) bond motifs is 1. The predicted octanol–water partition coefficient (Wildman–Crippen LogP) is 1.24. The highest BCUT2D eigenvalue weighted by Gasteiger charge is 2.18. The molecule has 1 N–H and O–H groups in total. The van der Waals surface area contributed by atoms with Crippen molar-refractivity contribution in [2.45, 2.75) is 26.9 Å². The van der Waals surface area contributed by atoms with E-state index in [1.54, 1.807) is 0 Å². The highest BCUT2D eigenvalue weighted by atomic mass is 127. The summed E-state index contributed by atoms with van der Waals surface area (Å²) in [6.45, 7) is 5.12. The second kappa shape index (κ2) is 9.22. The predicted molar refractivity (Wildman–Crippen MR) is 112 cm³/mol. The van der Waals surface area contributed by atoms with Crippen LogP contribution < -0.4 is 33.9 Å². The summed E-state index contributed by atoms with van der Waals surface area (Å²) in [5.74, 6) is -0.0300. The van der Waals surface area contributed by atoms with Gasteiger partial charge >= 0.3 is 0 Å². The van der Waals surface area contributed by atoms with Crippen molar-refractivity contribution < 1.29 is 33.3 Å². The molecule has 0 atom stereocenters. The number of nitrogens with zero attached hydrogens (tertiary/aromatic N) is 2. The fourth-order valence-electron chi connectivity index (χ4n) is 3.68. The summed E-state index contributed by atoms with van der Waals surface area (Å²) in [4.78, 5) is 12.7. The number of carbonyl (C=O) groups is 1. The van der Waals surface area contributed by atoms with Gasteiger partial charge in [0.05, 0.1) is 0 Å². The zero-order valence-electron chi connectivity index (χ0n) is 16.6. The van der Waals surface area contributed by atoms with Crippen molar-refractivity contribution in [3.05, 3.63) is 95.8 Å². The Balaban J connectivity index is 0.00000240. The molecule has 4 aromatic rings. The van der Waals surface area contributed by atoms with E-state index in [-0.39, 0.29) is 36.4 Å². The van der Waals surface area contributed by atoms with Gasteiger partial charge in [-0.3, -0.25) is 4.79 Å². The second-order valence-electron chi connectivity index (χ2n) is 7.27. The molecule has 1 heterocycles. The summed E-state index contributed by atoms with van der Waals surface area (Å²) in [5, 5.41) is 3.03. The maximum absolute atomic E-state index is 12.7. The van der Waals surface area contributed by atoms with E-state index >= 15 is 0 Å². The normalized spacial score (nSPS) is 10.6. The van der Waals surface area contributed by atoms with Gasteiger partial charge in [-0.15, -0.1) is 0 Å². The van der Waals surface area contributed by atoms with Gasteiger partial charge in [0.25, 0.3) is 5.91 Å². The Morgan fingerprint density at radius 2 is 1.59 bits per heavy atom. The van der Waals surface area contributed by atoms with E-state index in [2.05, 4.69) is 40.2 Å². The van der Waals surface area contributed by atoms with Crippen molar-refractivity contribution in [2.24, 2.45) is 0 Å². The lowest BCUT2D eigenvalue weighted by Crippen LogP contribution is -3.00. The molecule has 0 aliphatic heterocycles. The number of para-hydroxylation sites is 2. The average molecular weight is 497 g/mol. The molecule has 3 aromatic carbocycles. The number of halogens is 1. The zero-order chi connectivity index (χ0) is 19.5. The van der Waals surface area contributed by atoms with Gasteiger partial charge in [-0.05, 0) is 54.8 Å². The number of benzene rings is 3. The fraction of sp³-hybridized carbons (Fsp3) is 0.167. The van der Waals surface area contributed by atoms with Gasteiger partial charge in [0, 0.05) is 5.69 Å². The third kappa shape index (κ3) is 5.03. The minimum absolute atomic E-state index is 0. The Bertz CT molecular complexity index is 1120. The minimum atomic E-state index is -0.0300. The van der Waals surface area contributed by atoms with Crippen LogP contribution in [0.4, 0.5) is 5.69 Å². The second-order valence-corrected chi connectivity index (χ2v) is 7.27. The first-order valence-electron chi connectivity index (χ1n) is 9.48. The van der Waals surface area contributed by atoms with E-state index in [0.29, 0.717) is 0 Å². The van der Waals surface area contributed by atoms with Crippen LogP contribution in [0.15, 0.2) is 79.1 Å². The van der Waals surface area contributed by atoms with Crippen LogP contribution in [-0.2, 0) is 17.9 Å². The van der Waals surface area contributed by atoms with Gasteiger partial charge in [0.2, 0.25) is 6.33 Å². The third-order valence-electron chi connectivity index (χ3n) is 4.79. The van der Waals surface area contributed by atoms with Gasteiger partial charge in [0.15, 0.2) is 17.6 Å². The van der Waals surface area contributed by atoms with Crippen LogP contribution >= 0.6 is 0 Å². The van der Waals surface area contributed by atoms with E-state index in [4.69, 9.17) is 0 Å². The molecule has 1 amide bonds. The topological polar surface area (TPSA) is 37.9 Å². The molecule has 0 unspecified atom stereocenters. The Morgan fingerprint density at radius 3 is 2.31 bits per heavy atom. The highest BCUT2D eigenvalue weighted by molar-refractivity contribution is 5.91. The molecular weight excluding hydrogens is 473 g/mol. The van der Waals surface area contributed by atoms with Crippen LogP contribution in [0.25, 0.3) is 11.0 Å². The Hall–Kier alpha value is -2.67. The third-order valence-corrected chi connectivity index (χ3v) is 4.79. The molecule has 0 fully saturated rings. The maximum atomic E-state index is 12.7. The van der Waals surface area contributed by atoms with Crippen molar-refractivity contribution in [3.8, 4) is 0 Å². The van der Waals surface area contributed by atoms with E-state index < -0.39 is 0 Å². The van der Waals surface area contributed by atoms with Crippen LogP contribution in [0.3, 0.4) is 0 Å². The van der Waals surface area contributed by atoms with Crippen molar-refractivity contribution in [1.29, 1.82) is 0 Å². The highest BCUT2D eigenvalue weighted by Crippen LogP contribution is 2.15. The molecule has 0 bridgehead atoms. The van der Waals surface area contributed by atoms with Gasteiger partial charge in [-0.25, -0.2) is 9.13 Å². The number of hydrogen-bond acceptors (Lipinski definition) is 1. The standard InChI is InChI=1S/C24H23N3O.HI/c1-18-12-19(2)14-21(13-18)25-24(28)16-27-17-26(15-20-8-4-3-5-9-20)22-10-6-7-11-23(22)27;/h3-14,17H,15-16H2,1-2H3;1H. The van der Waals surface area contributed by atoms with Crippen LogP contribution in [0.2, 0.25) is 0 Å². The number of aryl methyl sites for hydroxylation is 2. The lowest BCUT2D eigenvalue weighted by Gasteiger charge is -2.06. The lowest BCUT2D eigenvalue weighted by atomic mass is 10.1. The van der Waals surface area contributed by atoms with Crippen LogP contribution in [-0.4, -0.2) is 10.5 Å². The number of aromatic nitrogens is 2. The monoisotopic (exact) mass is 497 g/mol. The van der Waals surface area contributed by atoms with E-state index in [1.165, 1.54) is 5.56 Å². The first-order valence-corrected chi connectivity index (χ1v) is 9.48. The summed E-state index contributed by atoms with van der Waals surface area (Å²) < 4.78 is 4.20. The summed E-state index contributed by atoms with van der Waals surface area (Å²) in [6, 6.07) is 24.6. The smallest absolute Gasteiger partial charge is 0.266 e. The molecule has 0 aliphatic rings. The largest absolute Gasteiger partial charge is 1.00 e. The summed E-state index contributed by atoms with van der Waals surface area (Å²) in [5.41, 5.74) is 6.52. The summed E-state index contributed by atoms with van der Waals surface area (Å²) in [6.07, 6.45) is 2.03. The number of rotatable bonds is 5. The number of carbonyl (C=O) groups excluding carboxylic acids is 1. The van der Waals surface area contributed by atoms with Gasteiger partial charge in [-0.2, -0.15) is 0 Å². The summed E-state index contributed by atoms with van der Waals surface area (Å²) >= 11 is 0. The average Bonchev–Trinajstić information content (AvgIpc) is 2.99. The number of anilines is 1. The molecule has 1 aromatic heterocycles. The molecule has 29 heavy (non-hydrogen) atoms. The van der Waals surface area contributed by atoms with E-state index in [9.17, 15) is 4.79 Å². The number of amides is 1. The molecule has 0 saturated carbocycles. The molecule has 0 saturated heterocycles. The quantitative estimate of drug-likeness (QED) is 0.327. The van der Waals surface area contributed by atoms with Gasteiger partial charge < -0.3 is 29.3 Å².